The van der Waals surface area contributed by atoms with Gasteiger partial charge < -0.3 is 0 Å². The Morgan fingerprint density at radius 1 is 1.60 bits per heavy atom. The van der Waals surface area contributed by atoms with Crippen LogP contribution in [-0.4, -0.2) is 15.1 Å². The highest BCUT2D eigenvalue weighted by Crippen LogP contribution is 2.38. The van der Waals surface area contributed by atoms with E-state index in [9.17, 15) is 0 Å². The van der Waals surface area contributed by atoms with E-state index in [-0.39, 0.29) is 0 Å². The molecule has 28 valence electrons. The SMILES string of the molecule is BP(B)(=S)S. The predicted octanol–water partition coefficient (Wildman–Crippen LogP) is -0.593. The van der Waals surface area contributed by atoms with Gasteiger partial charge in [0.25, 0.3) is 0 Å². The molecule has 0 aromatic rings. The molecule has 0 atom stereocenters. The van der Waals surface area contributed by atoms with E-state index in [1.54, 1.807) is 0 Å². The molecule has 0 aromatic heterocycles. The van der Waals surface area contributed by atoms with E-state index in [0.29, 0.717) is 0 Å². The van der Waals surface area contributed by atoms with Gasteiger partial charge >= 0.3 is 0 Å². The molecule has 5 heteroatoms. The fraction of sp³-hybridized carbons (Fsp3) is 0. The van der Waals surface area contributed by atoms with Crippen molar-refractivity contribution >= 4 is 44.2 Å². The predicted molar refractivity (Wildman–Crippen MR) is 40.4 cm³/mol. The number of hydrogen-bond donors (Lipinski definition) is 1. The van der Waals surface area contributed by atoms with Crippen molar-refractivity contribution in [3.63, 3.8) is 0 Å². The molecule has 0 rings (SSSR count). The Kier molecular flexibility index (Phi) is 2.11. The second-order valence-electron chi connectivity index (χ2n) is 1.29. The molecule has 0 spiro atoms. The van der Waals surface area contributed by atoms with Crippen LogP contribution >= 0.6 is 17.2 Å². The summed E-state index contributed by atoms with van der Waals surface area (Å²) in [7, 11) is 3.96. The smallest absolute Gasteiger partial charge is 0.148 e. The van der Waals surface area contributed by atoms with Crippen LogP contribution in [0.1, 0.15) is 0 Å². The largest absolute Gasteiger partial charge is 0.160 e. The summed E-state index contributed by atoms with van der Waals surface area (Å²) in [6.07, 6.45) is 0. The average Bonchev–Trinajstić information content (AvgIpc) is 0.722. The van der Waals surface area contributed by atoms with Gasteiger partial charge in [0.1, 0.15) is 15.1 Å². The summed E-state index contributed by atoms with van der Waals surface area (Å²) in [4.78, 5) is -1.11. The Labute approximate surface area is 44.6 Å². The first kappa shape index (κ1) is 6.13. The van der Waals surface area contributed by atoms with E-state index in [0.717, 1.165) is 0 Å². The van der Waals surface area contributed by atoms with Gasteiger partial charge in [0.2, 0.25) is 0 Å². The normalized spacial score (nSPS) is 11.4. The molecule has 0 fully saturated rings. The van der Waals surface area contributed by atoms with Gasteiger partial charge in [-0.3, -0.25) is 0 Å². The van der Waals surface area contributed by atoms with Gasteiger partial charge in [-0.15, -0.1) is 11.8 Å². The Balaban J connectivity index is 3.47. The quantitative estimate of drug-likeness (QED) is 0.254. The lowest BCUT2D eigenvalue weighted by molar-refractivity contribution is 4.63. The number of thiol groups is 1. The highest BCUT2D eigenvalue weighted by atomic mass is 32.9. The fourth-order valence-corrected chi connectivity index (χ4v) is 0. The second kappa shape index (κ2) is 1.72. The molecule has 0 saturated heterocycles. The van der Waals surface area contributed by atoms with Crippen LogP contribution in [-0.2, 0) is 11.8 Å². The minimum atomic E-state index is -1.11. The number of rotatable bonds is 0. The van der Waals surface area contributed by atoms with E-state index in [1.165, 1.54) is 0 Å². The summed E-state index contributed by atoms with van der Waals surface area (Å²) in [6, 6.07) is 0. The van der Waals surface area contributed by atoms with Gasteiger partial charge in [0.05, 0.1) is 0 Å². The average molecular weight is 122 g/mol. The summed E-state index contributed by atoms with van der Waals surface area (Å²) in [6.45, 7) is 0. The molecule has 5 heavy (non-hydrogen) atoms. The Morgan fingerprint density at radius 3 is 1.60 bits per heavy atom. The summed E-state index contributed by atoms with van der Waals surface area (Å²) in [5.41, 5.74) is 0. The van der Waals surface area contributed by atoms with Crippen molar-refractivity contribution < 1.29 is 0 Å². The maximum absolute atomic E-state index is 4.80. The highest BCUT2D eigenvalue weighted by molar-refractivity contribution is 8.78. The first-order chi connectivity index (χ1) is 2.00. The van der Waals surface area contributed by atoms with Crippen LogP contribution in [0.3, 0.4) is 0 Å². The second-order valence-corrected chi connectivity index (χ2v) is 10.4. The van der Waals surface area contributed by atoms with Crippen molar-refractivity contribution in [2.24, 2.45) is 0 Å². The monoisotopic (exact) mass is 122 g/mol. The van der Waals surface area contributed by atoms with Crippen LogP contribution in [0.25, 0.3) is 0 Å². The van der Waals surface area contributed by atoms with Gasteiger partial charge in [-0.2, -0.15) is 12.2 Å². The molecule has 0 radical (unpaired) electrons. The van der Waals surface area contributed by atoms with Gasteiger partial charge in [0, 0.05) is 0 Å². The van der Waals surface area contributed by atoms with Crippen molar-refractivity contribution in [1.29, 1.82) is 0 Å². The van der Waals surface area contributed by atoms with Crippen molar-refractivity contribution in [2.75, 3.05) is 0 Å². The highest BCUT2D eigenvalue weighted by Gasteiger charge is 1.86. The first-order valence-corrected chi connectivity index (χ1v) is 6.13. The van der Waals surface area contributed by atoms with Crippen molar-refractivity contribution in [3.8, 4) is 0 Å². The lowest BCUT2D eigenvalue weighted by atomic mass is 10.7. The molecule has 0 bridgehead atoms. The third-order valence-electron chi connectivity index (χ3n) is 0. The van der Waals surface area contributed by atoms with Crippen LogP contribution in [0.15, 0.2) is 0 Å². The standard InChI is InChI=1S/B2H5PS2/c1-3(2,4)5/h1-2H2,(H,4,5). The summed E-state index contributed by atoms with van der Waals surface area (Å²) >= 11 is 8.85. The van der Waals surface area contributed by atoms with E-state index in [1.807, 2.05) is 15.1 Å². The zero-order chi connectivity index (χ0) is 4.50. The van der Waals surface area contributed by atoms with E-state index in [4.69, 9.17) is 11.8 Å². The van der Waals surface area contributed by atoms with Crippen molar-refractivity contribution in [3.05, 3.63) is 0 Å². The zero-order valence-corrected chi connectivity index (χ0v) is 5.91. The van der Waals surface area contributed by atoms with Crippen LogP contribution < -0.4 is 0 Å². The molecular weight excluding hydrogens is 117 g/mol. The molecule has 0 saturated carbocycles. The molecule has 0 nitrogen and oxygen atoms in total. The van der Waals surface area contributed by atoms with Crippen LogP contribution in [0.5, 0.6) is 0 Å². The van der Waals surface area contributed by atoms with Crippen LogP contribution in [0.4, 0.5) is 0 Å². The molecule has 0 aromatic carbocycles. The minimum absolute atomic E-state index is 1.11. The molecule has 0 aliphatic rings. The molecule has 0 amide bonds. The third kappa shape index (κ3) is 39.4. The Hall–Kier alpha value is 1.13. The molecule has 0 aliphatic carbocycles. The van der Waals surface area contributed by atoms with Crippen LogP contribution in [0, 0.1) is 0 Å². The summed E-state index contributed by atoms with van der Waals surface area (Å²) in [5.74, 6) is 0. The molecular formula is H5B2PS2. The zero-order valence-electron chi connectivity index (χ0n) is 3.30. The van der Waals surface area contributed by atoms with Crippen LogP contribution in [0.2, 0.25) is 0 Å². The molecule has 0 aliphatic heterocycles. The van der Waals surface area contributed by atoms with Gasteiger partial charge in [-0.25, -0.2) is 0 Å². The minimum Gasteiger partial charge on any atom is -0.160 e. The topological polar surface area (TPSA) is 0 Å². The van der Waals surface area contributed by atoms with E-state index < -0.39 is 5.00 Å². The Morgan fingerprint density at radius 2 is 1.60 bits per heavy atom. The van der Waals surface area contributed by atoms with Crippen molar-refractivity contribution in [2.45, 2.75) is 0 Å². The molecule has 0 N–H and O–H groups in total. The van der Waals surface area contributed by atoms with E-state index >= 15 is 0 Å². The first-order valence-electron chi connectivity index (χ1n) is 1.28. The maximum atomic E-state index is 4.80. The lowest BCUT2D eigenvalue weighted by Crippen LogP contribution is -1.58. The molecule has 0 heterocycles. The van der Waals surface area contributed by atoms with Gasteiger partial charge in [0.15, 0.2) is 0 Å². The maximum Gasteiger partial charge on any atom is 0.148 e. The number of hydrogen-bond acceptors (Lipinski definition) is 1. The van der Waals surface area contributed by atoms with Crippen molar-refractivity contribution in [1.82, 2.24) is 0 Å². The fourth-order valence-electron chi connectivity index (χ4n) is 0. The lowest BCUT2D eigenvalue weighted by Gasteiger charge is -1.90. The summed E-state index contributed by atoms with van der Waals surface area (Å²) < 4.78 is 0. The summed E-state index contributed by atoms with van der Waals surface area (Å²) in [5, 5.41) is 0. The van der Waals surface area contributed by atoms with E-state index in [2.05, 4.69) is 12.2 Å². The van der Waals surface area contributed by atoms with Gasteiger partial charge in [-0.05, 0) is 0 Å². The molecule has 0 unspecified atom stereocenters. The Bertz CT molecular complexity index is 53.8. The third-order valence-corrected chi connectivity index (χ3v) is 0. The van der Waals surface area contributed by atoms with Gasteiger partial charge in [-0.1, -0.05) is 5.00 Å².